The van der Waals surface area contributed by atoms with Gasteiger partial charge in [0.1, 0.15) is 29.3 Å². The van der Waals surface area contributed by atoms with E-state index in [1.54, 1.807) is 54.6 Å². The molecule has 10 heteroatoms. The molecule has 6 rings (SSSR count). The topological polar surface area (TPSA) is 106 Å². The third kappa shape index (κ3) is 3.66. The number of benzene rings is 3. The van der Waals surface area contributed by atoms with E-state index in [-0.39, 0.29) is 22.7 Å². The van der Waals surface area contributed by atoms with Crippen LogP contribution in [0.15, 0.2) is 95.4 Å². The molecule has 0 N–H and O–H groups in total. The summed E-state index contributed by atoms with van der Waals surface area (Å²) in [5, 5.41) is 13.0. The molecule has 2 saturated heterocycles. The maximum Gasteiger partial charge on any atom is 0.280 e. The molecule has 2 aliphatic rings. The molecule has 4 aromatic rings. The number of para-hydroxylation sites is 2. The van der Waals surface area contributed by atoms with Gasteiger partial charge in [-0.15, -0.1) is 0 Å². The summed E-state index contributed by atoms with van der Waals surface area (Å²) in [6.45, 7) is 0. The molecule has 2 aliphatic heterocycles. The number of nitro groups is 1. The van der Waals surface area contributed by atoms with Crippen LogP contribution in [0, 0.1) is 21.8 Å². The zero-order valence-electron chi connectivity index (χ0n) is 19.1. The maximum absolute atomic E-state index is 13.6. The van der Waals surface area contributed by atoms with E-state index in [1.807, 2.05) is 6.07 Å². The second-order valence-corrected chi connectivity index (χ2v) is 8.62. The minimum Gasteiger partial charge on any atom is -0.458 e. The number of hydroxylamine groups is 1. The fourth-order valence-corrected chi connectivity index (χ4v) is 4.84. The van der Waals surface area contributed by atoms with Gasteiger partial charge in [0.15, 0.2) is 6.10 Å². The maximum atomic E-state index is 13.6. The summed E-state index contributed by atoms with van der Waals surface area (Å²) in [6.07, 6.45) is -1.14. The number of nitrogens with zero attached hydrogens (tertiary/aromatic N) is 3. The van der Waals surface area contributed by atoms with E-state index < -0.39 is 40.6 Å². The monoisotopic (exact) mass is 499 g/mol. The van der Waals surface area contributed by atoms with Crippen molar-refractivity contribution in [2.24, 2.45) is 5.92 Å². The van der Waals surface area contributed by atoms with Crippen LogP contribution in [0.2, 0.25) is 0 Å². The number of carbonyl (C=O) groups is 2. The lowest BCUT2D eigenvalue weighted by molar-refractivity contribution is -0.384. The van der Waals surface area contributed by atoms with E-state index in [9.17, 15) is 24.1 Å². The standard InChI is InChI=1S/C27H18FN3O6/c28-16-10-12-17(13-11-16)29-26(32)23-24(30(37-25(23)27(29)33)18-6-2-1-3-7-18)22-15-14-21(36-22)19-8-4-5-9-20(19)31(34)35/h1-15,23-25H/t23-,24-,25+/m1/s1. The highest BCUT2D eigenvalue weighted by atomic mass is 19.1. The van der Waals surface area contributed by atoms with E-state index in [0.717, 1.165) is 4.90 Å². The number of carbonyl (C=O) groups excluding carboxylic acids is 2. The average Bonchev–Trinajstić information content (AvgIpc) is 3.60. The van der Waals surface area contributed by atoms with Crippen molar-refractivity contribution >= 4 is 28.9 Å². The summed E-state index contributed by atoms with van der Waals surface area (Å²) in [5.41, 5.74) is 0.986. The highest BCUT2D eigenvalue weighted by molar-refractivity contribution is 6.23. The van der Waals surface area contributed by atoms with Crippen molar-refractivity contribution in [2.45, 2.75) is 12.1 Å². The van der Waals surface area contributed by atoms with Crippen molar-refractivity contribution in [3.8, 4) is 11.3 Å². The van der Waals surface area contributed by atoms with Gasteiger partial charge in [-0.05, 0) is 54.6 Å². The lowest BCUT2D eigenvalue weighted by atomic mass is 9.94. The minimum atomic E-state index is -1.14. The van der Waals surface area contributed by atoms with Gasteiger partial charge >= 0.3 is 0 Å². The van der Waals surface area contributed by atoms with E-state index in [2.05, 4.69) is 0 Å². The van der Waals surface area contributed by atoms with Crippen LogP contribution in [0.3, 0.4) is 0 Å². The Morgan fingerprint density at radius 1 is 0.811 bits per heavy atom. The number of nitro benzene ring substituents is 1. The molecule has 1 aromatic heterocycles. The number of amides is 2. The second kappa shape index (κ2) is 8.68. The summed E-state index contributed by atoms with van der Waals surface area (Å²) < 4.78 is 19.6. The number of fused-ring (bicyclic) bond motifs is 1. The molecule has 3 aromatic carbocycles. The fraction of sp³-hybridized carbons (Fsp3) is 0.111. The molecule has 0 spiro atoms. The average molecular weight is 499 g/mol. The summed E-state index contributed by atoms with van der Waals surface area (Å²) in [5.74, 6) is -2.02. The Balaban J connectivity index is 1.43. The van der Waals surface area contributed by atoms with Gasteiger partial charge in [-0.2, -0.15) is 0 Å². The molecule has 184 valence electrons. The van der Waals surface area contributed by atoms with Gasteiger partial charge in [0.2, 0.25) is 5.91 Å². The number of furan rings is 1. The third-order valence-electron chi connectivity index (χ3n) is 6.50. The summed E-state index contributed by atoms with van der Waals surface area (Å²) in [7, 11) is 0. The van der Waals surface area contributed by atoms with Crippen molar-refractivity contribution in [3.63, 3.8) is 0 Å². The molecule has 37 heavy (non-hydrogen) atoms. The SMILES string of the molecule is O=C1[C@H]2[C@H](ON(c3ccccc3)[C@@H]2c2ccc(-c3ccccc3[N+](=O)[O-])o2)C(=O)N1c1ccc(F)cc1. The number of hydrogen-bond donors (Lipinski definition) is 0. The molecule has 0 saturated carbocycles. The molecule has 3 heterocycles. The van der Waals surface area contributed by atoms with Crippen LogP contribution < -0.4 is 9.96 Å². The molecule has 0 bridgehead atoms. The number of anilines is 2. The fourth-order valence-electron chi connectivity index (χ4n) is 4.84. The minimum absolute atomic E-state index is 0.126. The Morgan fingerprint density at radius 2 is 1.51 bits per heavy atom. The van der Waals surface area contributed by atoms with Crippen LogP contribution in [-0.2, 0) is 14.4 Å². The Labute approximate surface area is 209 Å². The zero-order valence-corrected chi connectivity index (χ0v) is 19.1. The molecule has 9 nitrogen and oxygen atoms in total. The first-order valence-electron chi connectivity index (χ1n) is 11.4. The van der Waals surface area contributed by atoms with E-state index in [0.29, 0.717) is 11.4 Å². The van der Waals surface area contributed by atoms with Crippen LogP contribution in [0.1, 0.15) is 11.8 Å². The molecule has 2 amide bonds. The molecule has 0 unspecified atom stereocenters. The predicted octanol–water partition coefficient (Wildman–Crippen LogP) is 5.05. The Morgan fingerprint density at radius 3 is 2.24 bits per heavy atom. The van der Waals surface area contributed by atoms with Crippen LogP contribution in [0.25, 0.3) is 11.3 Å². The normalized spacial score (nSPS) is 20.9. The number of imide groups is 1. The van der Waals surface area contributed by atoms with E-state index >= 15 is 0 Å². The number of rotatable bonds is 5. The Kier molecular flexibility index (Phi) is 5.31. The van der Waals surface area contributed by atoms with Crippen molar-refractivity contribution in [2.75, 3.05) is 9.96 Å². The zero-order chi connectivity index (χ0) is 25.7. The van der Waals surface area contributed by atoms with Crippen LogP contribution >= 0.6 is 0 Å². The van der Waals surface area contributed by atoms with Crippen LogP contribution in [-0.4, -0.2) is 22.8 Å². The number of halogens is 1. The molecule has 0 radical (unpaired) electrons. The largest absolute Gasteiger partial charge is 0.458 e. The first-order valence-corrected chi connectivity index (χ1v) is 11.4. The van der Waals surface area contributed by atoms with Crippen LogP contribution in [0.5, 0.6) is 0 Å². The van der Waals surface area contributed by atoms with Crippen molar-refractivity contribution < 1.29 is 28.2 Å². The highest BCUT2D eigenvalue weighted by Gasteiger charge is 2.61. The first kappa shape index (κ1) is 22.6. The second-order valence-electron chi connectivity index (χ2n) is 8.62. The van der Waals surface area contributed by atoms with Gasteiger partial charge in [0, 0.05) is 6.07 Å². The Hall–Kier alpha value is -4.83. The lowest BCUT2D eigenvalue weighted by Gasteiger charge is -2.27. The van der Waals surface area contributed by atoms with Gasteiger partial charge in [-0.25, -0.2) is 14.4 Å². The third-order valence-corrected chi connectivity index (χ3v) is 6.50. The molecule has 0 aliphatic carbocycles. The van der Waals surface area contributed by atoms with E-state index in [1.165, 1.54) is 35.4 Å². The van der Waals surface area contributed by atoms with Crippen molar-refractivity contribution in [1.29, 1.82) is 0 Å². The summed E-state index contributed by atoms with van der Waals surface area (Å²) in [4.78, 5) is 45.1. The first-order chi connectivity index (χ1) is 17.9. The van der Waals surface area contributed by atoms with Crippen molar-refractivity contribution in [3.05, 3.63) is 113 Å². The molecule has 2 fully saturated rings. The summed E-state index contributed by atoms with van der Waals surface area (Å²) in [6, 6.07) is 22.5. The van der Waals surface area contributed by atoms with E-state index in [4.69, 9.17) is 9.25 Å². The predicted molar refractivity (Wildman–Crippen MR) is 130 cm³/mol. The quantitative estimate of drug-likeness (QED) is 0.215. The highest BCUT2D eigenvalue weighted by Crippen LogP contribution is 2.48. The molecule has 3 atom stereocenters. The lowest BCUT2D eigenvalue weighted by Crippen LogP contribution is -2.37. The molecular formula is C27H18FN3O6. The molecular weight excluding hydrogens is 481 g/mol. The number of hydrogen-bond acceptors (Lipinski definition) is 7. The van der Waals surface area contributed by atoms with Gasteiger partial charge < -0.3 is 4.42 Å². The van der Waals surface area contributed by atoms with Gasteiger partial charge in [0.25, 0.3) is 11.6 Å². The van der Waals surface area contributed by atoms with Crippen molar-refractivity contribution in [1.82, 2.24) is 0 Å². The van der Waals surface area contributed by atoms with Crippen LogP contribution in [0.4, 0.5) is 21.5 Å². The Bertz CT molecular complexity index is 1520. The smallest absolute Gasteiger partial charge is 0.280 e. The summed E-state index contributed by atoms with van der Waals surface area (Å²) >= 11 is 0. The van der Waals surface area contributed by atoms with Gasteiger partial charge in [-0.1, -0.05) is 30.3 Å². The van der Waals surface area contributed by atoms with Gasteiger partial charge in [-0.3, -0.25) is 24.5 Å². The van der Waals surface area contributed by atoms with Gasteiger partial charge in [0.05, 0.1) is 21.9 Å².